The summed E-state index contributed by atoms with van der Waals surface area (Å²) in [6.45, 7) is 9.77. The highest BCUT2D eigenvalue weighted by atomic mass is 16.2. The third-order valence-electron chi connectivity index (χ3n) is 5.07. The van der Waals surface area contributed by atoms with Crippen molar-refractivity contribution >= 4 is 11.7 Å². The second-order valence-electron chi connectivity index (χ2n) is 7.77. The van der Waals surface area contributed by atoms with Gasteiger partial charge in [-0.05, 0) is 34.1 Å². The van der Waals surface area contributed by atoms with Gasteiger partial charge in [-0.2, -0.15) is 0 Å². The van der Waals surface area contributed by atoms with Crippen LogP contribution in [0.4, 0.5) is 5.82 Å². The van der Waals surface area contributed by atoms with Gasteiger partial charge in [0.2, 0.25) is 0 Å². The predicted molar refractivity (Wildman–Crippen MR) is 110 cm³/mol. The lowest BCUT2D eigenvalue weighted by Gasteiger charge is -2.28. The average molecular weight is 400 g/mol. The van der Waals surface area contributed by atoms with Gasteiger partial charge in [-0.15, -0.1) is 0 Å². The molecule has 0 aliphatic carbocycles. The summed E-state index contributed by atoms with van der Waals surface area (Å²) in [5.74, 6) is 0.456. The SMILES string of the molecule is CC(C)n1c(N2CCCN(C(=O)c3cnccn3)CC2)cc(=O)n(C(C)C)c1=O. The van der Waals surface area contributed by atoms with E-state index in [-0.39, 0.29) is 29.2 Å². The van der Waals surface area contributed by atoms with Gasteiger partial charge in [-0.25, -0.2) is 9.78 Å². The molecule has 0 unspecified atom stereocenters. The quantitative estimate of drug-likeness (QED) is 0.768. The van der Waals surface area contributed by atoms with Gasteiger partial charge in [-0.1, -0.05) is 0 Å². The van der Waals surface area contributed by atoms with Crippen LogP contribution in [0.5, 0.6) is 0 Å². The van der Waals surface area contributed by atoms with E-state index in [2.05, 4.69) is 9.97 Å². The molecule has 1 saturated heterocycles. The summed E-state index contributed by atoms with van der Waals surface area (Å²) in [6.07, 6.45) is 5.23. The van der Waals surface area contributed by atoms with E-state index in [0.29, 0.717) is 37.7 Å². The van der Waals surface area contributed by atoms with E-state index in [0.717, 1.165) is 6.42 Å². The lowest BCUT2D eigenvalue weighted by molar-refractivity contribution is 0.0760. The summed E-state index contributed by atoms with van der Waals surface area (Å²) in [7, 11) is 0. The summed E-state index contributed by atoms with van der Waals surface area (Å²) >= 11 is 0. The molecular formula is C20H28N6O3. The molecule has 9 heteroatoms. The first-order chi connectivity index (χ1) is 13.8. The van der Waals surface area contributed by atoms with Crippen molar-refractivity contribution in [2.75, 3.05) is 31.1 Å². The highest BCUT2D eigenvalue weighted by Crippen LogP contribution is 2.18. The van der Waals surface area contributed by atoms with Crippen molar-refractivity contribution in [3.8, 4) is 0 Å². The number of hydrogen-bond donors (Lipinski definition) is 0. The van der Waals surface area contributed by atoms with Crippen LogP contribution in [0.15, 0.2) is 34.2 Å². The predicted octanol–water partition coefficient (Wildman–Crippen LogP) is 1.31. The minimum Gasteiger partial charge on any atom is -0.356 e. The molecule has 0 radical (unpaired) electrons. The van der Waals surface area contributed by atoms with Crippen molar-refractivity contribution in [1.29, 1.82) is 0 Å². The lowest BCUT2D eigenvalue weighted by Crippen LogP contribution is -2.45. The first-order valence-electron chi connectivity index (χ1n) is 9.99. The summed E-state index contributed by atoms with van der Waals surface area (Å²) in [6, 6.07) is 1.24. The Morgan fingerprint density at radius 1 is 0.966 bits per heavy atom. The van der Waals surface area contributed by atoms with Crippen molar-refractivity contribution in [2.24, 2.45) is 0 Å². The molecule has 9 nitrogen and oxygen atoms in total. The highest BCUT2D eigenvalue weighted by molar-refractivity contribution is 5.92. The van der Waals surface area contributed by atoms with Crippen LogP contribution in [0.25, 0.3) is 0 Å². The highest BCUT2D eigenvalue weighted by Gasteiger charge is 2.25. The van der Waals surface area contributed by atoms with Crippen molar-refractivity contribution < 1.29 is 4.79 Å². The number of aromatic nitrogens is 4. The molecule has 1 aliphatic heterocycles. The number of nitrogens with zero attached hydrogens (tertiary/aromatic N) is 6. The monoisotopic (exact) mass is 400 g/mol. The van der Waals surface area contributed by atoms with E-state index in [1.165, 1.54) is 23.2 Å². The Balaban J connectivity index is 1.90. The van der Waals surface area contributed by atoms with E-state index in [1.807, 2.05) is 32.6 Å². The number of hydrogen-bond acceptors (Lipinski definition) is 6. The molecule has 2 aromatic rings. The first-order valence-corrected chi connectivity index (χ1v) is 9.99. The fourth-order valence-electron chi connectivity index (χ4n) is 3.68. The zero-order valence-electron chi connectivity index (χ0n) is 17.4. The van der Waals surface area contributed by atoms with Crippen molar-refractivity contribution in [1.82, 2.24) is 24.0 Å². The Morgan fingerprint density at radius 2 is 1.69 bits per heavy atom. The van der Waals surface area contributed by atoms with Crippen LogP contribution in [0, 0.1) is 0 Å². The summed E-state index contributed by atoms with van der Waals surface area (Å²) in [4.78, 5) is 50.1. The van der Waals surface area contributed by atoms with Crippen LogP contribution in [0.3, 0.4) is 0 Å². The second kappa shape index (κ2) is 8.59. The average Bonchev–Trinajstić information content (AvgIpc) is 2.93. The van der Waals surface area contributed by atoms with Crippen LogP contribution in [-0.4, -0.2) is 56.1 Å². The number of carbonyl (C=O) groups is 1. The number of anilines is 1. The number of carbonyl (C=O) groups excluding carboxylic acids is 1. The minimum absolute atomic E-state index is 0.0938. The molecule has 0 atom stereocenters. The number of rotatable bonds is 4. The maximum atomic E-state index is 13.0. The second-order valence-corrected chi connectivity index (χ2v) is 7.77. The normalized spacial score (nSPS) is 15.1. The minimum atomic E-state index is -0.298. The molecule has 0 spiro atoms. The van der Waals surface area contributed by atoms with Crippen molar-refractivity contribution in [2.45, 2.75) is 46.2 Å². The maximum absolute atomic E-state index is 13.0. The van der Waals surface area contributed by atoms with Crippen molar-refractivity contribution in [3.63, 3.8) is 0 Å². The third kappa shape index (κ3) is 4.23. The molecule has 3 heterocycles. The van der Waals surface area contributed by atoms with Gasteiger partial charge >= 0.3 is 5.69 Å². The third-order valence-corrected chi connectivity index (χ3v) is 5.07. The molecule has 0 aromatic carbocycles. The fraction of sp³-hybridized carbons (Fsp3) is 0.550. The standard InChI is InChI=1S/C20H28N6O3/c1-14(2)25-17(12-18(27)26(15(3)4)20(25)29)23-8-5-9-24(11-10-23)19(28)16-13-21-6-7-22-16/h6-7,12-15H,5,8-11H2,1-4H3. The molecule has 0 saturated carbocycles. The molecule has 1 amide bonds. The van der Waals surface area contributed by atoms with Gasteiger partial charge in [-0.3, -0.25) is 23.7 Å². The fourth-order valence-corrected chi connectivity index (χ4v) is 3.68. The Kier molecular flexibility index (Phi) is 6.14. The van der Waals surface area contributed by atoms with Gasteiger partial charge in [0, 0.05) is 56.7 Å². The Hall–Kier alpha value is -2.97. The van der Waals surface area contributed by atoms with Crippen LogP contribution >= 0.6 is 0 Å². The molecule has 29 heavy (non-hydrogen) atoms. The molecule has 0 N–H and O–H groups in total. The van der Waals surface area contributed by atoms with Crippen LogP contribution < -0.4 is 16.1 Å². The van der Waals surface area contributed by atoms with Crippen LogP contribution in [0.2, 0.25) is 0 Å². The van der Waals surface area contributed by atoms with Crippen LogP contribution in [0.1, 0.15) is 56.7 Å². The molecule has 2 aromatic heterocycles. The molecule has 0 bridgehead atoms. The summed E-state index contributed by atoms with van der Waals surface area (Å²) < 4.78 is 2.95. The topological polar surface area (TPSA) is 93.3 Å². The van der Waals surface area contributed by atoms with Crippen LogP contribution in [-0.2, 0) is 0 Å². The zero-order valence-corrected chi connectivity index (χ0v) is 17.4. The van der Waals surface area contributed by atoms with E-state index in [9.17, 15) is 14.4 Å². The molecule has 1 fully saturated rings. The number of amides is 1. The maximum Gasteiger partial charge on any atom is 0.333 e. The van der Waals surface area contributed by atoms with Gasteiger partial charge in [0.25, 0.3) is 11.5 Å². The van der Waals surface area contributed by atoms with Gasteiger partial charge in [0.1, 0.15) is 11.5 Å². The molecular weight excluding hydrogens is 372 g/mol. The van der Waals surface area contributed by atoms with E-state index in [4.69, 9.17) is 0 Å². The first kappa shape index (κ1) is 20.8. The van der Waals surface area contributed by atoms with E-state index < -0.39 is 0 Å². The summed E-state index contributed by atoms with van der Waals surface area (Å²) in [5, 5.41) is 0. The summed E-state index contributed by atoms with van der Waals surface area (Å²) in [5.41, 5.74) is -0.276. The van der Waals surface area contributed by atoms with E-state index >= 15 is 0 Å². The lowest BCUT2D eigenvalue weighted by atomic mass is 10.3. The molecule has 1 aliphatic rings. The Morgan fingerprint density at radius 3 is 2.31 bits per heavy atom. The largest absolute Gasteiger partial charge is 0.356 e. The van der Waals surface area contributed by atoms with Crippen molar-refractivity contribution in [3.05, 3.63) is 51.2 Å². The zero-order chi connectivity index (χ0) is 21.1. The molecule has 156 valence electrons. The smallest absolute Gasteiger partial charge is 0.333 e. The Bertz CT molecular complexity index is 980. The molecule has 3 rings (SSSR count). The van der Waals surface area contributed by atoms with Gasteiger partial charge < -0.3 is 9.80 Å². The van der Waals surface area contributed by atoms with Gasteiger partial charge in [0.05, 0.1) is 6.20 Å². The van der Waals surface area contributed by atoms with Gasteiger partial charge in [0.15, 0.2) is 0 Å². The van der Waals surface area contributed by atoms with E-state index in [1.54, 1.807) is 15.5 Å². The Labute approximate surface area is 169 Å².